The number of rotatable bonds is 11. The third-order valence-corrected chi connectivity index (χ3v) is 11.3. The zero-order chi connectivity index (χ0) is 43.3. The predicted molar refractivity (Wildman–Crippen MR) is 235 cm³/mol. The molecule has 6 aromatic rings. The van der Waals surface area contributed by atoms with E-state index in [2.05, 4.69) is 41.3 Å². The number of H-pyrrole nitrogens is 1. The fraction of sp³-hybridized carbons (Fsp3) is 0.391. The summed E-state index contributed by atoms with van der Waals surface area (Å²) in [6.07, 6.45) is 3.32. The van der Waals surface area contributed by atoms with Crippen LogP contribution in [0, 0.1) is 11.6 Å². The molecule has 4 aromatic carbocycles. The maximum absolute atomic E-state index is 14.0. The first-order valence-corrected chi connectivity index (χ1v) is 21.5. The summed E-state index contributed by atoms with van der Waals surface area (Å²) in [4.78, 5) is 42.0. The number of benzene rings is 4. The fourth-order valence-corrected chi connectivity index (χ4v) is 8.05. The number of hydrogen-bond acceptors (Lipinski definition) is 8. The number of nitrogens with one attached hydrogen (secondary N) is 1. The van der Waals surface area contributed by atoms with Gasteiger partial charge in [0.15, 0.2) is 23.1 Å². The molecule has 2 aromatic heterocycles. The molecule has 0 radical (unpaired) electrons. The molecule has 2 aliphatic rings. The van der Waals surface area contributed by atoms with Crippen LogP contribution < -0.4 is 9.47 Å². The van der Waals surface area contributed by atoms with Crippen LogP contribution >= 0.6 is 15.9 Å². The van der Waals surface area contributed by atoms with E-state index >= 15 is 0 Å². The molecule has 0 aliphatic carbocycles. The molecule has 8 rings (SSSR count). The number of fused-ring (bicyclic) bond motifs is 2. The second kappa shape index (κ2) is 21.9. The summed E-state index contributed by atoms with van der Waals surface area (Å²) in [6, 6.07) is 24.8. The third kappa shape index (κ3) is 11.1. The molecule has 0 spiro atoms. The van der Waals surface area contributed by atoms with Gasteiger partial charge in [-0.05, 0) is 86.3 Å². The van der Waals surface area contributed by atoms with Gasteiger partial charge in [0, 0.05) is 75.2 Å². The Morgan fingerprint density at radius 2 is 1.21 bits per heavy atom. The van der Waals surface area contributed by atoms with Crippen LogP contribution in [0.15, 0.2) is 84.9 Å². The predicted octanol–water partition coefficient (Wildman–Crippen LogP) is 8.61. The van der Waals surface area contributed by atoms with E-state index in [9.17, 15) is 18.4 Å². The lowest BCUT2D eigenvalue weighted by molar-refractivity contribution is 0.0702. The fourth-order valence-electron chi connectivity index (χ4n) is 7.73. The second-order valence-electron chi connectivity index (χ2n) is 14.8. The largest absolute Gasteiger partial charge is 0.494 e. The Bertz CT molecular complexity index is 2340. The highest BCUT2D eigenvalue weighted by Gasteiger charge is 2.29. The normalized spacial score (nSPS) is 14.6. The molecule has 2 amide bonds. The minimum Gasteiger partial charge on any atom is -0.494 e. The van der Waals surface area contributed by atoms with Crippen molar-refractivity contribution in [2.45, 2.75) is 44.1 Å². The lowest BCUT2D eigenvalue weighted by Gasteiger charge is -2.32. The Morgan fingerprint density at radius 3 is 1.70 bits per heavy atom. The molecule has 2 saturated heterocycles. The molecular weight excluding hydrogens is 850 g/mol. The van der Waals surface area contributed by atoms with Crippen molar-refractivity contribution in [3.8, 4) is 11.5 Å². The van der Waals surface area contributed by atoms with Gasteiger partial charge in [-0.2, -0.15) is 0 Å². The third-order valence-electron chi connectivity index (χ3n) is 11.0. The van der Waals surface area contributed by atoms with Crippen LogP contribution in [-0.4, -0.2) is 114 Å². The zero-order valence-electron chi connectivity index (χ0n) is 35.0. The molecule has 4 heterocycles. The molecule has 1 N–H and O–H groups in total. The van der Waals surface area contributed by atoms with E-state index in [0.717, 1.165) is 77.9 Å². The number of imidazole rings is 2. The summed E-state index contributed by atoms with van der Waals surface area (Å²) in [7, 11) is 6.19. The molecule has 2 fully saturated rings. The van der Waals surface area contributed by atoms with Gasteiger partial charge in [-0.3, -0.25) is 9.59 Å². The number of methoxy groups -OCH3 is 4. The summed E-state index contributed by atoms with van der Waals surface area (Å²) in [6.45, 7) is 4.67. The van der Waals surface area contributed by atoms with Crippen molar-refractivity contribution in [2.24, 2.45) is 0 Å². The van der Waals surface area contributed by atoms with Gasteiger partial charge in [-0.1, -0.05) is 40.2 Å². The van der Waals surface area contributed by atoms with Gasteiger partial charge < -0.3 is 38.3 Å². The van der Waals surface area contributed by atoms with Crippen LogP contribution in [0.4, 0.5) is 8.78 Å². The number of alkyl halides is 1. The summed E-state index contributed by atoms with van der Waals surface area (Å²) >= 11 is 3.18. The molecule has 324 valence electrons. The number of hydrogen-bond donors (Lipinski definition) is 1. The summed E-state index contributed by atoms with van der Waals surface area (Å²) in [5.41, 5.74) is 4.79. The van der Waals surface area contributed by atoms with E-state index in [1.165, 1.54) is 38.5 Å². The van der Waals surface area contributed by atoms with Gasteiger partial charge in [0.1, 0.15) is 11.6 Å². The van der Waals surface area contributed by atoms with Gasteiger partial charge in [-0.15, -0.1) is 0 Å². The molecule has 0 saturated carbocycles. The second-order valence-corrected chi connectivity index (χ2v) is 15.5. The molecule has 0 atom stereocenters. The summed E-state index contributed by atoms with van der Waals surface area (Å²) < 4.78 is 49.9. The highest BCUT2D eigenvalue weighted by atomic mass is 79.9. The molecule has 61 heavy (non-hydrogen) atoms. The number of likely N-dealkylation sites (tertiary alicyclic amines) is 2. The Kier molecular flexibility index (Phi) is 16.2. The maximum Gasteiger partial charge on any atom is 0.253 e. The van der Waals surface area contributed by atoms with Gasteiger partial charge in [0.25, 0.3) is 11.8 Å². The quantitative estimate of drug-likeness (QED) is 0.128. The summed E-state index contributed by atoms with van der Waals surface area (Å²) in [5.74, 6) is 1.55. The first-order chi connectivity index (χ1) is 29.7. The van der Waals surface area contributed by atoms with Crippen LogP contribution in [0.3, 0.4) is 0 Å². The maximum atomic E-state index is 14.0. The Balaban J connectivity index is 0.000000185. The number of carbonyl (C=O) groups is 2. The molecular formula is C46H53BrF2N6O6. The SMILES string of the molecule is COCCBr.COCCn1c(C2CCN(C(=O)c3ccc(OC)c(F)c3)CC2)nc2ccccc21.COc1ccc(C(=O)N2CCC(c3nc4ccccc4[nH]3)CC2)cc1F. The van der Waals surface area contributed by atoms with E-state index < -0.39 is 11.6 Å². The molecule has 15 heteroatoms. The standard InChI is InChI=1S/C23H26FN3O3.C20H20FN3O2.C3H7BrO/c1-29-14-13-27-20-6-4-3-5-19(20)25-22(27)16-9-11-26(12-10-16)23(28)17-7-8-21(30-2)18(24)15-17;1-26-18-7-6-14(12-15(18)21)20(25)24-10-8-13(9-11-24)19-22-16-4-2-3-5-17(16)23-19;1-5-3-2-4/h3-8,15-16H,9-14H2,1-2H3;2-7,12-13H,8-11H2,1H3,(H,22,23);2-3H2,1H3. The first-order valence-electron chi connectivity index (χ1n) is 20.4. The Morgan fingerprint density at radius 1 is 0.689 bits per heavy atom. The van der Waals surface area contributed by atoms with Crippen LogP contribution in [0.2, 0.25) is 0 Å². The highest BCUT2D eigenvalue weighted by molar-refractivity contribution is 9.09. The average molecular weight is 904 g/mol. The van der Waals surface area contributed by atoms with Gasteiger partial charge >= 0.3 is 0 Å². The number of para-hydroxylation sites is 4. The van der Waals surface area contributed by atoms with Crippen molar-refractivity contribution < 1.29 is 37.3 Å². The van der Waals surface area contributed by atoms with Crippen molar-refractivity contribution in [3.05, 3.63) is 119 Å². The van der Waals surface area contributed by atoms with Crippen molar-refractivity contribution >= 4 is 49.8 Å². The van der Waals surface area contributed by atoms with E-state index in [1.807, 2.05) is 42.5 Å². The van der Waals surface area contributed by atoms with Crippen LogP contribution in [0.25, 0.3) is 22.1 Å². The van der Waals surface area contributed by atoms with Crippen molar-refractivity contribution in [2.75, 3.05) is 73.2 Å². The molecule has 12 nitrogen and oxygen atoms in total. The Labute approximate surface area is 363 Å². The monoisotopic (exact) mass is 902 g/mol. The zero-order valence-corrected chi connectivity index (χ0v) is 36.6. The minimum absolute atomic E-state index is 0.139. The smallest absolute Gasteiger partial charge is 0.253 e. The van der Waals surface area contributed by atoms with E-state index in [1.54, 1.807) is 36.2 Å². The highest BCUT2D eigenvalue weighted by Crippen LogP contribution is 2.32. The minimum atomic E-state index is -0.523. The lowest BCUT2D eigenvalue weighted by atomic mass is 9.95. The summed E-state index contributed by atoms with van der Waals surface area (Å²) in [5, 5.41) is 0.934. The topological polar surface area (TPSA) is 124 Å². The first kappa shape index (κ1) is 45.2. The van der Waals surface area contributed by atoms with Gasteiger partial charge in [-0.25, -0.2) is 18.7 Å². The van der Waals surface area contributed by atoms with Crippen LogP contribution in [0.1, 0.15) is 69.9 Å². The number of nitrogens with zero attached hydrogens (tertiary/aromatic N) is 5. The number of piperidine rings is 2. The lowest BCUT2D eigenvalue weighted by Crippen LogP contribution is -2.38. The average Bonchev–Trinajstić information content (AvgIpc) is 3.91. The van der Waals surface area contributed by atoms with E-state index in [0.29, 0.717) is 49.8 Å². The molecule has 0 bridgehead atoms. The molecule has 2 aliphatic heterocycles. The Hall–Kier alpha value is -5.38. The van der Waals surface area contributed by atoms with E-state index in [-0.39, 0.29) is 29.2 Å². The number of halogens is 3. The number of carbonyl (C=O) groups excluding carboxylic acids is 2. The van der Waals surface area contributed by atoms with Crippen molar-refractivity contribution in [3.63, 3.8) is 0 Å². The van der Waals surface area contributed by atoms with Gasteiger partial charge in [0.05, 0.1) is 49.5 Å². The number of aromatic nitrogens is 4. The van der Waals surface area contributed by atoms with Gasteiger partial charge in [0.2, 0.25) is 0 Å². The van der Waals surface area contributed by atoms with E-state index in [4.69, 9.17) is 19.2 Å². The molecule has 0 unspecified atom stereocenters. The van der Waals surface area contributed by atoms with Crippen LogP contribution in [-0.2, 0) is 16.0 Å². The van der Waals surface area contributed by atoms with Crippen molar-refractivity contribution in [1.82, 2.24) is 29.3 Å². The van der Waals surface area contributed by atoms with Crippen LogP contribution in [0.5, 0.6) is 11.5 Å². The number of ether oxygens (including phenoxy) is 4. The number of aromatic amines is 1. The number of amides is 2. The van der Waals surface area contributed by atoms with Crippen molar-refractivity contribution in [1.29, 1.82) is 0 Å².